The fourth-order valence-corrected chi connectivity index (χ4v) is 2.15. The van der Waals surface area contributed by atoms with E-state index in [0.29, 0.717) is 18.0 Å². The van der Waals surface area contributed by atoms with Crippen LogP contribution >= 0.6 is 0 Å². The Morgan fingerprint density at radius 3 is 2.68 bits per heavy atom. The molecule has 1 aromatic rings. The van der Waals surface area contributed by atoms with Gasteiger partial charge in [0.25, 0.3) is 5.91 Å². The first kappa shape index (κ1) is 13.4. The Bertz CT molecular complexity index is 511. The molecule has 2 amide bonds. The third-order valence-corrected chi connectivity index (χ3v) is 2.99. The maximum Gasteiger partial charge on any atom is 0.252 e. The summed E-state index contributed by atoms with van der Waals surface area (Å²) in [7, 11) is 0. The van der Waals surface area contributed by atoms with Gasteiger partial charge in [0, 0.05) is 0 Å². The van der Waals surface area contributed by atoms with Crippen molar-refractivity contribution in [3.05, 3.63) is 24.3 Å². The topological polar surface area (TPSA) is 58.6 Å². The van der Waals surface area contributed by atoms with Crippen LogP contribution in [0.2, 0.25) is 0 Å². The van der Waals surface area contributed by atoms with Crippen molar-refractivity contribution in [3.8, 4) is 5.75 Å². The van der Waals surface area contributed by atoms with Crippen LogP contribution in [0.15, 0.2) is 24.3 Å². The smallest absolute Gasteiger partial charge is 0.252 e. The second kappa shape index (κ2) is 4.91. The lowest BCUT2D eigenvalue weighted by Gasteiger charge is -2.37. The molecule has 0 saturated carbocycles. The van der Waals surface area contributed by atoms with E-state index in [1.807, 2.05) is 19.1 Å². The fourth-order valence-electron chi connectivity index (χ4n) is 2.15. The quantitative estimate of drug-likeness (QED) is 0.894. The Morgan fingerprint density at radius 1 is 1.32 bits per heavy atom. The molecule has 1 fully saturated rings. The number of carbonyl (C=O) groups is 2. The molecule has 1 heterocycles. The molecule has 0 aromatic heterocycles. The molecule has 5 heteroatoms. The zero-order chi connectivity index (χ0) is 14.0. The maximum atomic E-state index is 12.4. The molecule has 0 spiro atoms. The number of rotatable bonds is 3. The third kappa shape index (κ3) is 2.54. The fraction of sp³-hybridized carbons (Fsp3) is 0.429. The number of carbonyl (C=O) groups excluding carboxylic acids is 2. The number of para-hydroxylation sites is 2. The number of nitrogens with one attached hydrogen (secondary N) is 1. The Labute approximate surface area is 112 Å². The summed E-state index contributed by atoms with van der Waals surface area (Å²) in [6, 6.07) is 7.25. The van der Waals surface area contributed by atoms with E-state index in [9.17, 15) is 9.59 Å². The predicted octanol–water partition coefficient (Wildman–Crippen LogP) is 1.33. The molecule has 0 unspecified atom stereocenters. The first-order chi connectivity index (χ1) is 8.95. The largest absolute Gasteiger partial charge is 0.492 e. The van der Waals surface area contributed by atoms with Crippen LogP contribution in [0.1, 0.15) is 20.8 Å². The van der Waals surface area contributed by atoms with Crippen molar-refractivity contribution in [2.45, 2.75) is 26.3 Å². The highest BCUT2D eigenvalue weighted by molar-refractivity contribution is 6.09. The van der Waals surface area contributed by atoms with Crippen molar-refractivity contribution in [2.75, 3.05) is 18.1 Å². The standard InChI is InChI=1S/C14H18N2O3/c1-4-19-11-8-6-5-7-10(11)16-9-12(17)15-14(2,3)13(16)18/h5-8H,4,9H2,1-3H3,(H,15,17). The van der Waals surface area contributed by atoms with E-state index in [4.69, 9.17) is 4.74 Å². The minimum Gasteiger partial charge on any atom is -0.492 e. The molecule has 1 saturated heterocycles. The summed E-state index contributed by atoms with van der Waals surface area (Å²) in [5, 5.41) is 2.69. The molecule has 1 aliphatic heterocycles. The van der Waals surface area contributed by atoms with Crippen molar-refractivity contribution < 1.29 is 14.3 Å². The number of piperazine rings is 1. The Hall–Kier alpha value is -2.04. The van der Waals surface area contributed by atoms with E-state index in [2.05, 4.69) is 5.32 Å². The number of hydrogen-bond donors (Lipinski definition) is 1. The minimum atomic E-state index is -0.894. The number of hydrogen-bond acceptors (Lipinski definition) is 3. The number of benzene rings is 1. The molecule has 1 aliphatic rings. The van der Waals surface area contributed by atoms with Gasteiger partial charge < -0.3 is 10.1 Å². The first-order valence-electron chi connectivity index (χ1n) is 6.30. The molecule has 5 nitrogen and oxygen atoms in total. The molecule has 0 bridgehead atoms. The molecule has 102 valence electrons. The molecule has 19 heavy (non-hydrogen) atoms. The normalized spacial score (nSPS) is 18.2. The van der Waals surface area contributed by atoms with E-state index >= 15 is 0 Å². The maximum absolute atomic E-state index is 12.4. The molecule has 2 rings (SSSR count). The highest BCUT2D eigenvalue weighted by atomic mass is 16.5. The summed E-state index contributed by atoms with van der Waals surface area (Å²) in [5.74, 6) is 0.305. The van der Waals surface area contributed by atoms with Gasteiger partial charge in [0.05, 0.1) is 12.3 Å². The van der Waals surface area contributed by atoms with Crippen molar-refractivity contribution in [3.63, 3.8) is 0 Å². The van der Waals surface area contributed by atoms with Crippen molar-refractivity contribution in [1.82, 2.24) is 5.32 Å². The van der Waals surface area contributed by atoms with Crippen LogP contribution in [0.3, 0.4) is 0 Å². The summed E-state index contributed by atoms with van der Waals surface area (Å²) in [5.41, 5.74) is -0.258. The molecule has 0 aliphatic carbocycles. The summed E-state index contributed by atoms with van der Waals surface area (Å²) >= 11 is 0. The van der Waals surface area contributed by atoms with Gasteiger partial charge in [-0.25, -0.2) is 0 Å². The van der Waals surface area contributed by atoms with E-state index in [-0.39, 0.29) is 18.4 Å². The zero-order valence-electron chi connectivity index (χ0n) is 11.4. The molecule has 1 N–H and O–H groups in total. The van der Waals surface area contributed by atoms with Gasteiger partial charge in [0.1, 0.15) is 17.8 Å². The van der Waals surface area contributed by atoms with Gasteiger partial charge in [0.2, 0.25) is 5.91 Å². The van der Waals surface area contributed by atoms with Crippen molar-refractivity contribution >= 4 is 17.5 Å². The lowest BCUT2D eigenvalue weighted by Crippen LogP contribution is -2.64. The van der Waals surface area contributed by atoms with Crippen molar-refractivity contribution in [2.24, 2.45) is 0 Å². The molecule has 0 radical (unpaired) electrons. The van der Waals surface area contributed by atoms with E-state index in [1.54, 1.807) is 26.0 Å². The van der Waals surface area contributed by atoms with Crippen LogP contribution < -0.4 is 15.0 Å². The van der Waals surface area contributed by atoms with Crippen LogP contribution in [0, 0.1) is 0 Å². The van der Waals surface area contributed by atoms with Gasteiger partial charge in [-0.3, -0.25) is 14.5 Å². The number of ether oxygens (including phenoxy) is 1. The lowest BCUT2D eigenvalue weighted by molar-refractivity contribution is -0.134. The van der Waals surface area contributed by atoms with Crippen LogP contribution in [-0.4, -0.2) is 30.5 Å². The highest BCUT2D eigenvalue weighted by Gasteiger charge is 2.40. The van der Waals surface area contributed by atoms with Crippen LogP contribution in [0.4, 0.5) is 5.69 Å². The van der Waals surface area contributed by atoms with Gasteiger partial charge in [-0.1, -0.05) is 12.1 Å². The van der Waals surface area contributed by atoms with Gasteiger partial charge in [-0.15, -0.1) is 0 Å². The zero-order valence-corrected chi connectivity index (χ0v) is 11.4. The predicted molar refractivity (Wildman–Crippen MR) is 72.2 cm³/mol. The second-order valence-electron chi connectivity index (χ2n) is 4.97. The van der Waals surface area contributed by atoms with Gasteiger partial charge >= 0.3 is 0 Å². The Morgan fingerprint density at radius 2 is 2.00 bits per heavy atom. The lowest BCUT2D eigenvalue weighted by atomic mass is 10.00. The summed E-state index contributed by atoms with van der Waals surface area (Å²) < 4.78 is 5.52. The third-order valence-electron chi connectivity index (χ3n) is 2.99. The number of amides is 2. The molecule has 0 atom stereocenters. The monoisotopic (exact) mass is 262 g/mol. The Kier molecular flexibility index (Phi) is 3.46. The first-order valence-corrected chi connectivity index (χ1v) is 6.30. The summed E-state index contributed by atoms with van der Waals surface area (Å²) in [6.07, 6.45) is 0. The van der Waals surface area contributed by atoms with E-state index in [0.717, 1.165) is 0 Å². The van der Waals surface area contributed by atoms with Gasteiger partial charge in [0.15, 0.2) is 0 Å². The summed E-state index contributed by atoms with van der Waals surface area (Å²) in [4.78, 5) is 25.6. The highest BCUT2D eigenvalue weighted by Crippen LogP contribution is 2.30. The van der Waals surface area contributed by atoms with Gasteiger partial charge in [-0.05, 0) is 32.9 Å². The molecule has 1 aromatic carbocycles. The molecular formula is C14H18N2O3. The van der Waals surface area contributed by atoms with Crippen LogP contribution in [-0.2, 0) is 9.59 Å². The number of anilines is 1. The van der Waals surface area contributed by atoms with E-state index < -0.39 is 5.54 Å². The van der Waals surface area contributed by atoms with Crippen molar-refractivity contribution in [1.29, 1.82) is 0 Å². The van der Waals surface area contributed by atoms with Gasteiger partial charge in [-0.2, -0.15) is 0 Å². The molecular weight excluding hydrogens is 244 g/mol. The SMILES string of the molecule is CCOc1ccccc1N1CC(=O)NC(C)(C)C1=O. The average Bonchev–Trinajstić information content (AvgIpc) is 2.34. The minimum absolute atomic E-state index is 0.0202. The van der Waals surface area contributed by atoms with Crippen LogP contribution in [0.5, 0.6) is 5.75 Å². The van der Waals surface area contributed by atoms with Crippen LogP contribution in [0.25, 0.3) is 0 Å². The summed E-state index contributed by atoms with van der Waals surface area (Å²) in [6.45, 7) is 5.80. The van der Waals surface area contributed by atoms with E-state index in [1.165, 1.54) is 4.90 Å². The second-order valence-corrected chi connectivity index (χ2v) is 4.97. The average molecular weight is 262 g/mol. The Balaban J connectivity index is 2.40. The number of nitrogens with zero attached hydrogens (tertiary/aromatic N) is 1.